The number of nitrogens with zero attached hydrogens (tertiary/aromatic N) is 3. The first-order chi connectivity index (χ1) is 13.2. The van der Waals surface area contributed by atoms with Crippen LogP contribution in [0.25, 0.3) is 10.4 Å². The van der Waals surface area contributed by atoms with Crippen LogP contribution in [0.3, 0.4) is 0 Å². The van der Waals surface area contributed by atoms with Gasteiger partial charge in [0.1, 0.15) is 6.07 Å². The molecule has 140 valence electrons. The lowest BCUT2D eigenvalue weighted by Gasteiger charge is -2.30. The number of likely N-dealkylation sites (tertiary alicyclic amines) is 2. The van der Waals surface area contributed by atoms with Crippen LogP contribution in [0.2, 0.25) is 0 Å². The second kappa shape index (κ2) is 7.84. The van der Waals surface area contributed by atoms with E-state index in [4.69, 9.17) is 5.26 Å². The van der Waals surface area contributed by atoms with E-state index in [1.54, 1.807) is 11.3 Å². The molecule has 1 amide bonds. The van der Waals surface area contributed by atoms with Crippen molar-refractivity contribution in [2.75, 3.05) is 19.6 Å². The molecule has 2 atom stereocenters. The second-order valence-electron chi connectivity index (χ2n) is 7.67. The van der Waals surface area contributed by atoms with Crippen molar-refractivity contribution in [2.45, 2.75) is 44.7 Å². The molecule has 2 aromatic rings. The summed E-state index contributed by atoms with van der Waals surface area (Å²) in [6.07, 6.45) is 4.76. The Kier molecular flexibility index (Phi) is 5.29. The van der Waals surface area contributed by atoms with Crippen LogP contribution in [-0.2, 0) is 0 Å². The quantitative estimate of drug-likeness (QED) is 0.792. The number of thiophene rings is 1. The van der Waals surface area contributed by atoms with Gasteiger partial charge in [-0.2, -0.15) is 5.26 Å². The summed E-state index contributed by atoms with van der Waals surface area (Å²) in [5, 5.41) is 10.8. The van der Waals surface area contributed by atoms with E-state index in [2.05, 4.69) is 22.8 Å². The number of benzene rings is 1. The molecule has 27 heavy (non-hydrogen) atoms. The summed E-state index contributed by atoms with van der Waals surface area (Å²) in [5.41, 5.74) is 2.50. The zero-order valence-corrected chi connectivity index (χ0v) is 16.5. The second-order valence-corrected chi connectivity index (χ2v) is 8.58. The van der Waals surface area contributed by atoms with Gasteiger partial charge in [0.05, 0.1) is 5.56 Å². The normalized spacial score (nSPS) is 22.9. The molecule has 0 bridgehead atoms. The molecule has 3 heterocycles. The molecule has 2 aliphatic heterocycles. The molecule has 1 aromatic heterocycles. The third kappa shape index (κ3) is 3.78. The van der Waals surface area contributed by atoms with Gasteiger partial charge in [0.15, 0.2) is 0 Å². The number of hydrogen-bond acceptors (Lipinski definition) is 4. The highest BCUT2D eigenvalue weighted by atomic mass is 32.1. The molecular formula is C22H25N3OS. The highest BCUT2D eigenvalue weighted by Crippen LogP contribution is 2.28. The molecular weight excluding hydrogens is 354 g/mol. The number of rotatable bonds is 4. The van der Waals surface area contributed by atoms with Gasteiger partial charge >= 0.3 is 0 Å². The van der Waals surface area contributed by atoms with Crippen LogP contribution in [-0.4, -0.2) is 47.4 Å². The fourth-order valence-electron chi connectivity index (χ4n) is 4.32. The Morgan fingerprint density at radius 1 is 1.22 bits per heavy atom. The Hall–Kier alpha value is -2.16. The van der Waals surface area contributed by atoms with Crippen LogP contribution in [0.15, 0.2) is 35.7 Å². The van der Waals surface area contributed by atoms with Gasteiger partial charge in [0, 0.05) is 41.0 Å². The molecule has 1 unspecified atom stereocenters. The maximum atomic E-state index is 13.1. The predicted molar refractivity (Wildman–Crippen MR) is 109 cm³/mol. The fraction of sp³-hybridized carbons (Fsp3) is 0.455. The highest BCUT2D eigenvalue weighted by Gasteiger charge is 2.32. The molecule has 2 aliphatic rings. The Labute approximate surface area is 165 Å². The van der Waals surface area contributed by atoms with Crippen molar-refractivity contribution in [3.05, 3.63) is 46.8 Å². The Morgan fingerprint density at radius 2 is 2.00 bits per heavy atom. The van der Waals surface area contributed by atoms with E-state index in [1.165, 1.54) is 19.4 Å². The van der Waals surface area contributed by atoms with Gasteiger partial charge < -0.3 is 4.90 Å². The smallest absolute Gasteiger partial charge is 0.254 e. The number of nitriles is 1. The standard InChI is InChI=1S/C22H25N3OS/c1-16-4-2-10-24(16)14-20-5-3-11-25(20)22(26)19-8-6-18(7-9-19)21-12-17(13-23)15-27-21/h6-9,12,15-16,20H,2-5,10-11,14H2,1H3/t16-,20?/m0/s1. The van der Waals surface area contributed by atoms with Crippen molar-refractivity contribution in [3.63, 3.8) is 0 Å². The molecule has 4 nitrogen and oxygen atoms in total. The largest absolute Gasteiger partial charge is 0.334 e. The first-order valence-electron chi connectivity index (χ1n) is 9.80. The zero-order chi connectivity index (χ0) is 18.8. The van der Waals surface area contributed by atoms with Crippen molar-refractivity contribution in [2.24, 2.45) is 0 Å². The summed E-state index contributed by atoms with van der Waals surface area (Å²) in [6, 6.07) is 12.9. The lowest BCUT2D eigenvalue weighted by molar-refractivity contribution is 0.0697. The number of amides is 1. The minimum atomic E-state index is 0.153. The van der Waals surface area contributed by atoms with E-state index >= 15 is 0 Å². The fourth-order valence-corrected chi connectivity index (χ4v) is 5.16. The van der Waals surface area contributed by atoms with Gasteiger partial charge in [-0.1, -0.05) is 12.1 Å². The van der Waals surface area contributed by atoms with Gasteiger partial charge in [0.25, 0.3) is 5.91 Å². The average molecular weight is 380 g/mol. The Morgan fingerprint density at radius 3 is 2.67 bits per heavy atom. The minimum Gasteiger partial charge on any atom is -0.334 e. The molecule has 2 fully saturated rings. The van der Waals surface area contributed by atoms with Gasteiger partial charge in [-0.25, -0.2) is 0 Å². The van der Waals surface area contributed by atoms with Crippen molar-refractivity contribution >= 4 is 17.2 Å². The molecule has 5 heteroatoms. The van der Waals surface area contributed by atoms with Crippen molar-refractivity contribution in [1.29, 1.82) is 5.26 Å². The van der Waals surface area contributed by atoms with Crippen LogP contribution < -0.4 is 0 Å². The zero-order valence-electron chi connectivity index (χ0n) is 15.7. The summed E-state index contributed by atoms with van der Waals surface area (Å²) in [5.74, 6) is 0.153. The molecule has 0 aliphatic carbocycles. The summed E-state index contributed by atoms with van der Waals surface area (Å²) in [7, 11) is 0. The molecule has 0 saturated carbocycles. The number of carbonyl (C=O) groups excluding carboxylic acids is 1. The maximum absolute atomic E-state index is 13.1. The van der Waals surface area contributed by atoms with Gasteiger partial charge in [-0.05, 0) is 62.9 Å². The van der Waals surface area contributed by atoms with Crippen LogP contribution in [0, 0.1) is 11.3 Å². The SMILES string of the molecule is C[C@H]1CCCN1CC1CCCN1C(=O)c1ccc(-c2cc(C#N)cs2)cc1. The van der Waals surface area contributed by atoms with E-state index in [0.717, 1.165) is 41.9 Å². The molecule has 1 aromatic carbocycles. The summed E-state index contributed by atoms with van der Waals surface area (Å²) < 4.78 is 0. The lowest BCUT2D eigenvalue weighted by Crippen LogP contribution is -2.44. The lowest BCUT2D eigenvalue weighted by atomic mass is 10.1. The number of hydrogen-bond donors (Lipinski definition) is 0. The van der Waals surface area contributed by atoms with Gasteiger partial charge in [0.2, 0.25) is 0 Å². The van der Waals surface area contributed by atoms with Crippen molar-refractivity contribution < 1.29 is 4.79 Å². The summed E-state index contributed by atoms with van der Waals surface area (Å²) in [6.45, 7) is 5.34. The van der Waals surface area contributed by atoms with Crippen LogP contribution >= 0.6 is 11.3 Å². The molecule has 0 spiro atoms. The van der Waals surface area contributed by atoms with E-state index in [-0.39, 0.29) is 5.91 Å². The molecule has 0 N–H and O–H groups in total. The van der Waals surface area contributed by atoms with Gasteiger partial charge in [-0.15, -0.1) is 11.3 Å². The third-order valence-electron chi connectivity index (χ3n) is 5.92. The van der Waals surface area contributed by atoms with Crippen molar-refractivity contribution in [3.8, 4) is 16.5 Å². The van der Waals surface area contributed by atoms with Crippen LogP contribution in [0.5, 0.6) is 0 Å². The third-order valence-corrected chi connectivity index (χ3v) is 6.90. The minimum absolute atomic E-state index is 0.153. The monoisotopic (exact) mass is 379 g/mol. The van der Waals surface area contributed by atoms with E-state index < -0.39 is 0 Å². The summed E-state index contributed by atoms with van der Waals surface area (Å²) >= 11 is 1.56. The van der Waals surface area contributed by atoms with E-state index in [9.17, 15) is 4.79 Å². The van der Waals surface area contributed by atoms with E-state index in [1.807, 2.05) is 35.7 Å². The topological polar surface area (TPSA) is 47.3 Å². The van der Waals surface area contributed by atoms with Crippen LogP contribution in [0.4, 0.5) is 0 Å². The van der Waals surface area contributed by atoms with Crippen molar-refractivity contribution in [1.82, 2.24) is 9.80 Å². The number of carbonyl (C=O) groups is 1. The van der Waals surface area contributed by atoms with Crippen LogP contribution in [0.1, 0.15) is 48.5 Å². The first-order valence-corrected chi connectivity index (χ1v) is 10.7. The first kappa shape index (κ1) is 18.2. The van der Waals surface area contributed by atoms with E-state index in [0.29, 0.717) is 17.6 Å². The Balaban J connectivity index is 1.46. The predicted octanol–water partition coefficient (Wildman–Crippen LogP) is 4.38. The molecule has 2 saturated heterocycles. The highest BCUT2D eigenvalue weighted by molar-refractivity contribution is 7.13. The van der Waals surface area contributed by atoms with Gasteiger partial charge in [-0.3, -0.25) is 9.69 Å². The summed E-state index contributed by atoms with van der Waals surface area (Å²) in [4.78, 5) is 18.8. The molecule has 0 radical (unpaired) electrons. The molecule has 4 rings (SSSR count). The Bertz CT molecular complexity index is 851. The average Bonchev–Trinajstić information content (AvgIpc) is 3.43. The maximum Gasteiger partial charge on any atom is 0.254 e.